The highest BCUT2D eigenvalue weighted by atomic mass is 16.4. The summed E-state index contributed by atoms with van der Waals surface area (Å²) in [7, 11) is 0. The molecule has 0 aliphatic rings. The van der Waals surface area contributed by atoms with Crippen LogP contribution in [0.1, 0.15) is 20.8 Å². The second kappa shape index (κ2) is 5.21. The highest BCUT2D eigenvalue weighted by Crippen LogP contribution is 2.07. The normalized spacial score (nSPS) is 15.1. The van der Waals surface area contributed by atoms with Gasteiger partial charge in [0, 0.05) is 0 Å². The lowest BCUT2D eigenvalue weighted by Gasteiger charge is -2.07. The van der Waals surface area contributed by atoms with Gasteiger partial charge in [-0.1, -0.05) is 19.1 Å². The summed E-state index contributed by atoms with van der Waals surface area (Å²) in [5.41, 5.74) is 0.166. The summed E-state index contributed by atoms with van der Waals surface area (Å²) in [4.78, 5) is 20.7. The van der Waals surface area contributed by atoms with Crippen LogP contribution in [0.25, 0.3) is 0 Å². The predicted octanol–water partition coefficient (Wildman–Crippen LogP) is -0.985. The van der Waals surface area contributed by atoms with E-state index in [9.17, 15) is 19.8 Å². The fourth-order valence-electron chi connectivity index (χ4n) is 0.973. The van der Waals surface area contributed by atoms with Crippen LogP contribution in [0.15, 0.2) is 23.3 Å². The number of carboxylic acid groups (broad SMARTS) is 2. The Morgan fingerprint density at radius 1 is 1.00 bits per heavy atom. The van der Waals surface area contributed by atoms with Crippen molar-refractivity contribution in [1.29, 1.82) is 0 Å². The molecular formula is C10H12O4-2. The molecular weight excluding hydrogens is 184 g/mol. The minimum absolute atomic E-state index is 0.0832. The third-order valence-electron chi connectivity index (χ3n) is 1.67. The van der Waals surface area contributed by atoms with Crippen molar-refractivity contribution >= 4 is 11.9 Å². The average Bonchev–Trinajstić information content (AvgIpc) is 2.03. The topological polar surface area (TPSA) is 80.3 Å². The highest BCUT2D eigenvalue weighted by molar-refractivity contribution is 5.85. The molecule has 0 fully saturated rings. The van der Waals surface area contributed by atoms with Crippen molar-refractivity contribution in [3.8, 4) is 0 Å². The summed E-state index contributed by atoms with van der Waals surface area (Å²) in [6.45, 7) is 4.47. The van der Waals surface area contributed by atoms with E-state index in [1.807, 2.05) is 0 Å². The van der Waals surface area contributed by atoms with Gasteiger partial charge in [0.25, 0.3) is 0 Å². The minimum Gasteiger partial charge on any atom is -0.545 e. The molecule has 0 unspecified atom stereocenters. The van der Waals surface area contributed by atoms with E-state index in [-0.39, 0.29) is 17.1 Å². The van der Waals surface area contributed by atoms with Crippen molar-refractivity contribution < 1.29 is 19.8 Å². The molecule has 0 saturated heterocycles. The summed E-state index contributed by atoms with van der Waals surface area (Å²) in [5, 5.41) is 20.7. The molecule has 4 heteroatoms. The first-order valence-corrected chi connectivity index (χ1v) is 4.14. The maximum Gasteiger partial charge on any atom is 0.0669 e. The summed E-state index contributed by atoms with van der Waals surface area (Å²) in [5.74, 6) is -2.78. The molecule has 0 aromatic rings. The van der Waals surface area contributed by atoms with Crippen LogP contribution >= 0.6 is 0 Å². The third kappa shape index (κ3) is 4.45. The van der Waals surface area contributed by atoms with Gasteiger partial charge in [-0.2, -0.15) is 0 Å². The first kappa shape index (κ1) is 12.4. The van der Waals surface area contributed by atoms with E-state index in [0.29, 0.717) is 0 Å². The van der Waals surface area contributed by atoms with Gasteiger partial charge in [0.05, 0.1) is 11.9 Å². The molecule has 0 aromatic heterocycles. The van der Waals surface area contributed by atoms with E-state index in [1.54, 1.807) is 6.92 Å². The third-order valence-corrected chi connectivity index (χ3v) is 1.67. The molecule has 14 heavy (non-hydrogen) atoms. The van der Waals surface area contributed by atoms with Crippen molar-refractivity contribution in [2.75, 3.05) is 0 Å². The molecule has 0 rings (SSSR count). The van der Waals surface area contributed by atoms with E-state index < -0.39 is 11.9 Å². The van der Waals surface area contributed by atoms with Crippen LogP contribution in [-0.4, -0.2) is 11.9 Å². The molecule has 0 atom stereocenters. The standard InChI is InChI=1S/C10H14O4/c1-6(4-7(2)9(11)12)5-8(3)10(13)14/h4-6H,1-3H3,(H,11,12)(H,13,14)/p-2. The average molecular weight is 196 g/mol. The number of hydrogen-bond acceptors (Lipinski definition) is 4. The Morgan fingerprint density at radius 3 is 1.50 bits per heavy atom. The Bertz CT molecular complexity index is 269. The van der Waals surface area contributed by atoms with Crippen LogP contribution in [0.3, 0.4) is 0 Å². The molecule has 0 saturated carbocycles. The minimum atomic E-state index is -1.25. The Balaban J connectivity index is 4.59. The van der Waals surface area contributed by atoms with Crippen LogP contribution in [0.2, 0.25) is 0 Å². The molecule has 0 radical (unpaired) electrons. The highest BCUT2D eigenvalue weighted by Gasteiger charge is 1.97. The van der Waals surface area contributed by atoms with E-state index in [0.717, 1.165) is 0 Å². The molecule has 0 heterocycles. The molecule has 78 valence electrons. The van der Waals surface area contributed by atoms with Gasteiger partial charge in [0.2, 0.25) is 0 Å². The van der Waals surface area contributed by atoms with Crippen molar-refractivity contribution in [1.82, 2.24) is 0 Å². The maximum absolute atomic E-state index is 10.3. The number of carbonyl (C=O) groups is 2. The Kier molecular flexibility index (Phi) is 4.63. The fourth-order valence-corrected chi connectivity index (χ4v) is 0.973. The first-order chi connectivity index (χ1) is 6.34. The first-order valence-electron chi connectivity index (χ1n) is 4.14. The zero-order valence-corrected chi connectivity index (χ0v) is 8.37. The molecule has 0 N–H and O–H groups in total. The number of aliphatic carboxylic acids is 2. The Hall–Kier alpha value is -1.58. The zero-order valence-electron chi connectivity index (χ0n) is 8.37. The number of allylic oxidation sites excluding steroid dienone is 2. The molecule has 0 aliphatic carbocycles. The number of carboxylic acids is 2. The van der Waals surface area contributed by atoms with Crippen molar-refractivity contribution in [3.05, 3.63) is 23.3 Å². The second-order valence-corrected chi connectivity index (χ2v) is 3.13. The fraction of sp³-hybridized carbons (Fsp3) is 0.400. The Morgan fingerprint density at radius 2 is 1.29 bits per heavy atom. The van der Waals surface area contributed by atoms with Gasteiger partial charge in [-0.3, -0.25) is 0 Å². The second-order valence-electron chi connectivity index (χ2n) is 3.13. The lowest BCUT2D eigenvalue weighted by atomic mass is 10.1. The largest absolute Gasteiger partial charge is 0.545 e. The van der Waals surface area contributed by atoms with E-state index in [4.69, 9.17) is 0 Å². The van der Waals surface area contributed by atoms with Gasteiger partial charge >= 0.3 is 0 Å². The molecule has 0 bridgehead atoms. The number of carbonyl (C=O) groups excluding carboxylic acids is 2. The maximum atomic E-state index is 10.3. The monoisotopic (exact) mass is 196 g/mol. The van der Waals surface area contributed by atoms with Crippen molar-refractivity contribution in [3.63, 3.8) is 0 Å². The molecule has 0 spiro atoms. The number of rotatable bonds is 4. The summed E-state index contributed by atoms with van der Waals surface area (Å²) >= 11 is 0. The smallest absolute Gasteiger partial charge is 0.0669 e. The zero-order chi connectivity index (χ0) is 11.3. The lowest BCUT2D eigenvalue weighted by molar-refractivity contribution is -0.300. The van der Waals surface area contributed by atoms with Crippen LogP contribution in [-0.2, 0) is 9.59 Å². The quantitative estimate of drug-likeness (QED) is 0.541. The van der Waals surface area contributed by atoms with Gasteiger partial charge in [-0.25, -0.2) is 0 Å². The van der Waals surface area contributed by atoms with Crippen molar-refractivity contribution in [2.45, 2.75) is 20.8 Å². The lowest BCUT2D eigenvalue weighted by Crippen LogP contribution is -2.24. The molecule has 0 aromatic carbocycles. The van der Waals surface area contributed by atoms with Crippen molar-refractivity contribution in [2.24, 2.45) is 5.92 Å². The van der Waals surface area contributed by atoms with Crippen LogP contribution in [0, 0.1) is 5.92 Å². The van der Waals surface area contributed by atoms with Crippen LogP contribution in [0.4, 0.5) is 0 Å². The van der Waals surface area contributed by atoms with Gasteiger partial charge in [0.1, 0.15) is 0 Å². The van der Waals surface area contributed by atoms with Crippen LogP contribution < -0.4 is 10.2 Å². The molecule has 4 nitrogen and oxygen atoms in total. The molecule has 0 aliphatic heterocycles. The van der Waals surface area contributed by atoms with Gasteiger partial charge < -0.3 is 19.8 Å². The summed E-state index contributed by atoms with van der Waals surface area (Å²) < 4.78 is 0. The van der Waals surface area contributed by atoms with Gasteiger partial charge in [0.15, 0.2) is 0 Å². The summed E-state index contributed by atoms with van der Waals surface area (Å²) in [6.07, 6.45) is 2.84. The van der Waals surface area contributed by atoms with E-state index >= 15 is 0 Å². The van der Waals surface area contributed by atoms with Gasteiger partial charge in [-0.15, -0.1) is 0 Å². The molecule has 0 amide bonds. The Labute approximate surface area is 82.6 Å². The van der Waals surface area contributed by atoms with Gasteiger partial charge in [-0.05, 0) is 30.9 Å². The van der Waals surface area contributed by atoms with E-state index in [2.05, 4.69) is 0 Å². The van der Waals surface area contributed by atoms with E-state index in [1.165, 1.54) is 26.0 Å². The predicted molar refractivity (Wildman–Crippen MR) is 46.7 cm³/mol. The number of hydrogen-bond donors (Lipinski definition) is 0. The SMILES string of the molecule is CC(=CC(C)C=C(C)C(=O)[O-])C(=O)[O-]. The summed E-state index contributed by atoms with van der Waals surface area (Å²) in [6, 6.07) is 0. The van der Waals surface area contributed by atoms with Crippen LogP contribution in [0.5, 0.6) is 0 Å².